The Bertz CT molecular complexity index is 978. The van der Waals surface area contributed by atoms with Gasteiger partial charge in [0.25, 0.3) is 5.56 Å². The minimum Gasteiger partial charge on any atom is -0.336 e. The lowest BCUT2D eigenvalue weighted by molar-refractivity contribution is -0.132. The molecule has 0 radical (unpaired) electrons. The number of aromatic nitrogens is 2. The molecule has 2 aromatic carbocycles. The Hall–Kier alpha value is -2.95. The molecule has 0 N–H and O–H groups in total. The van der Waals surface area contributed by atoms with Gasteiger partial charge in [-0.25, -0.2) is 4.98 Å². The molecule has 0 unspecified atom stereocenters. The van der Waals surface area contributed by atoms with E-state index < -0.39 is 0 Å². The number of hydrogen-bond acceptors (Lipinski definition) is 3. The maximum Gasteiger partial charge on any atom is 0.269 e. The Balaban J connectivity index is 1.62. The molecule has 1 aromatic heterocycles. The van der Waals surface area contributed by atoms with Crippen molar-refractivity contribution in [3.05, 3.63) is 76.2 Å². The standard InChI is InChI=1S/C19H17N3O2/c23-18-11-20-16-7-3-4-8-17(16)22(18)13-19(24)21-10-9-14-5-1-2-6-15(14)12-21/h1-8,11H,9-10,12-13H2. The highest BCUT2D eigenvalue weighted by atomic mass is 16.2. The van der Waals surface area contributed by atoms with Crippen LogP contribution in [0.2, 0.25) is 0 Å². The molecule has 5 heteroatoms. The third-order valence-electron chi connectivity index (χ3n) is 4.53. The van der Waals surface area contributed by atoms with Crippen LogP contribution >= 0.6 is 0 Å². The maximum atomic E-state index is 12.7. The van der Waals surface area contributed by atoms with E-state index in [0.29, 0.717) is 24.1 Å². The van der Waals surface area contributed by atoms with Gasteiger partial charge in [-0.15, -0.1) is 0 Å². The molecule has 0 bridgehead atoms. The maximum absolute atomic E-state index is 12.7. The molecule has 0 aliphatic carbocycles. The monoisotopic (exact) mass is 319 g/mol. The van der Waals surface area contributed by atoms with E-state index in [9.17, 15) is 9.59 Å². The van der Waals surface area contributed by atoms with Gasteiger partial charge in [0.1, 0.15) is 6.54 Å². The van der Waals surface area contributed by atoms with E-state index in [1.807, 2.05) is 41.3 Å². The van der Waals surface area contributed by atoms with Gasteiger partial charge in [-0.2, -0.15) is 0 Å². The van der Waals surface area contributed by atoms with Crippen molar-refractivity contribution < 1.29 is 4.79 Å². The summed E-state index contributed by atoms with van der Waals surface area (Å²) in [5, 5.41) is 0. The minimum absolute atomic E-state index is 0.0389. The normalized spacial score (nSPS) is 13.8. The van der Waals surface area contributed by atoms with E-state index in [1.54, 1.807) is 0 Å². The van der Waals surface area contributed by atoms with Crippen LogP contribution in [0.3, 0.4) is 0 Å². The highest BCUT2D eigenvalue weighted by molar-refractivity contribution is 5.80. The first-order valence-electron chi connectivity index (χ1n) is 8.01. The van der Waals surface area contributed by atoms with E-state index >= 15 is 0 Å². The lowest BCUT2D eigenvalue weighted by atomic mass is 10.00. The van der Waals surface area contributed by atoms with Crippen LogP contribution < -0.4 is 5.56 Å². The number of carbonyl (C=O) groups excluding carboxylic acids is 1. The minimum atomic E-state index is -0.251. The Morgan fingerprint density at radius 2 is 1.79 bits per heavy atom. The van der Waals surface area contributed by atoms with Gasteiger partial charge < -0.3 is 4.90 Å². The van der Waals surface area contributed by atoms with E-state index in [0.717, 1.165) is 6.42 Å². The molecule has 4 rings (SSSR count). The second-order valence-corrected chi connectivity index (χ2v) is 6.01. The number of nitrogens with zero attached hydrogens (tertiary/aromatic N) is 3. The van der Waals surface area contributed by atoms with Crippen molar-refractivity contribution in [3.8, 4) is 0 Å². The molecular weight excluding hydrogens is 302 g/mol. The van der Waals surface area contributed by atoms with Crippen LogP contribution in [0.15, 0.2) is 59.5 Å². The zero-order valence-corrected chi connectivity index (χ0v) is 13.2. The Kier molecular flexibility index (Phi) is 3.61. The lowest BCUT2D eigenvalue weighted by Gasteiger charge is -2.29. The summed E-state index contributed by atoms with van der Waals surface area (Å²) >= 11 is 0. The second-order valence-electron chi connectivity index (χ2n) is 6.01. The van der Waals surface area contributed by atoms with Crippen molar-refractivity contribution in [1.82, 2.24) is 14.5 Å². The average Bonchev–Trinajstić information content (AvgIpc) is 2.63. The van der Waals surface area contributed by atoms with Crippen LogP contribution in [-0.4, -0.2) is 26.9 Å². The number of para-hydroxylation sites is 2. The highest BCUT2D eigenvalue weighted by Gasteiger charge is 2.21. The molecule has 1 aliphatic rings. The van der Waals surface area contributed by atoms with E-state index in [-0.39, 0.29) is 18.0 Å². The molecule has 2 heterocycles. The van der Waals surface area contributed by atoms with Crippen molar-refractivity contribution >= 4 is 16.9 Å². The number of amides is 1. The summed E-state index contributed by atoms with van der Waals surface area (Å²) in [5.41, 5.74) is 3.64. The van der Waals surface area contributed by atoms with Gasteiger partial charge >= 0.3 is 0 Å². The summed E-state index contributed by atoms with van der Waals surface area (Å²) in [6.45, 7) is 1.34. The second kappa shape index (κ2) is 5.92. The summed E-state index contributed by atoms with van der Waals surface area (Å²) in [7, 11) is 0. The SMILES string of the molecule is O=C(Cn1c(=O)cnc2ccccc21)N1CCc2ccccc2C1. The van der Waals surface area contributed by atoms with Crippen LogP contribution in [0.5, 0.6) is 0 Å². The zero-order chi connectivity index (χ0) is 16.5. The van der Waals surface area contributed by atoms with Gasteiger partial charge in [0.15, 0.2) is 0 Å². The van der Waals surface area contributed by atoms with Crippen LogP contribution in [0, 0.1) is 0 Å². The molecule has 0 saturated carbocycles. The lowest BCUT2D eigenvalue weighted by Crippen LogP contribution is -2.39. The van der Waals surface area contributed by atoms with Gasteiger partial charge in [-0.1, -0.05) is 36.4 Å². The average molecular weight is 319 g/mol. The smallest absolute Gasteiger partial charge is 0.269 e. The van der Waals surface area contributed by atoms with E-state index in [4.69, 9.17) is 0 Å². The predicted molar refractivity (Wildman–Crippen MR) is 91.6 cm³/mol. The largest absolute Gasteiger partial charge is 0.336 e. The molecule has 120 valence electrons. The van der Waals surface area contributed by atoms with E-state index in [2.05, 4.69) is 17.1 Å². The van der Waals surface area contributed by atoms with Crippen molar-refractivity contribution in [2.75, 3.05) is 6.54 Å². The third kappa shape index (κ3) is 2.58. The number of rotatable bonds is 2. The summed E-state index contributed by atoms with van der Waals surface area (Å²) in [4.78, 5) is 30.9. The molecule has 0 atom stereocenters. The first-order valence-corrected chi connectivity index (χ1v) is 8.01. The molecule has 24 heavy (non-hydrogen) atoms. The van der Waals surface area contributed by atoms with Crippen LogP contribution in [-0.2, 0) is 24.3 Å². The highest BCUT2D eigenvalue weighted by Crippen LogP contribution is 2.19. The Labute approximate surface area is 139 Å². The fraction of sp³-hybridized carbons (Fsp3) is 0.211. The van der Waals surface area contributed by atoms with Crippen LogP contribution in [0.1, 0.15) is 11.1 Å². The summed E-state index contributed by atoms with van der Waals surface area (Å²) < 4.78 is 1.51. The van der Waals surface area contributed by atoms with Gasteiger partial charge in [0.05, 0.1) is 17.2 Å². The predicted octanol–water partition coefficient (Wildman–Crippen LogP) is 1.98. The number of benzene rings is 2. The number of carbonyl (C=O) groups is 1. The molecule has 0 fully saturated rings. The summed E-state index contributed by atoms with van der Waals surface area (Å²) in [5.74, 6) is -0.0389. The topological polar surface area (TPSA) is 55.2 Å². The first kappa shape index (κ1) is 14.6. The third-order valence-corrected chi connectivity index (χ3v) is 4.53. The van der Waals surface area contributed by atoms with Crippen LogP contribution in [0.25, 0.3) is 11.0 Å². The van der Waals surface area contributed by atoms with Crippen molar-refractivity contribution in [1.29, 1.82) is 0 Å². The van der Waals surface area contributed by atoms with Gasteiger partial charge in [0, 0.05) is 13.1 Å². The first-order chi connectivity index (χ1) is 11.7. The summed E-state index contributed by atoms with van der Waals surface area (Å²) in [6, 6.07) is 15.6. The van der Waals surface area contributed by atoms with Gasteiger partial charge in [-0.05, 0) is 29.7 Å². The quantitative estimate of drug-likeness (QED) is 0.726. The number of fused-ring (bicyclic) bond motifs is 2. The molecule has 0 saturated heterocycles. The Morgan fingerprint density at radius 3 is 2.67 bits per heavy atom. The van der Waals surface area contributed by atoms with Crippen molar-refractivity contribution in [2.24, 2.45) is 0 Å². The fourth-order valence-corrected chi connectivity index (χ4v) is 3.22. The zero-order valence-electron chi connectivity index (χ0n) is 13.2. The molecule has 1 aliphatic heterocycles. The Morgan fingerprint density at radius 1 is 1.04 bits per heavy atom. The van der Waals surface area contributed by atoms with Gasteiger partial charge in [0.2, 0.25) is 5.91 Å². The fourth-order valence-electron chi connectivity index (χ4n) is 3.22. The van der Waals surface area contributed by atoms with Crippen molar-refractivity contribution in [3.63, 3.8) is 0 Å². The molecule has 5 nitrogen and oxygen atoms in total. The van der Waals surface area contributed by atoms with Crippen molar-refractivity contribution in [2.45, 2.75) is 19.5 Å². The van der Waals surface area contributed by atoms with Gasteiger partial charge in [-0.3, -0.25) is 14.2 Å². The number of hydrogen-bond donors (Lipinski definition) is 0. The van der Waals surface area contributed by atoms with Crippen LogP contribution in [0.4, 0.5) is 0 Å². The molecular formula is C19H17N3O2. The summed E-state index contributed by atoms with van der Waals surface area (Å²) in [6.07, 6.45) is 2.13. The molecule has 0 spiro atoms. The van der Waals surface area contributed by atoms with E-state index in [1.165, 1.54) is 21.9 Å². The molecule has 3 aromatic rings. The molecule has 1 amide bonds.